The van der Waals surface area contributed by atoms with E-state index in [4.69, 9.17) is 4.42 Å². The lowest BCUT2D eigenvalue weighted by Crippen LogP contribution is -2.34. The van der Waals surface area contributed by atoms with E-state index in [1.165, 1.54) is 0 Å². The number of hydrogen-bond acceptors (Lipinski definition) is 4. The first-order valence-electron chi connectivity index (χ1n) is 7.95. The quantitative estimate of drug-likeness (QED) is 0.880. The van der Waals surface area contributed by atoms with E-state index < -0.39 is 17.9 Å². The van der Waals surface area contributed by atoms with E-state index in [0.29, 0.717) is 23.1 Å². The van der Waals surface area contributed by atoms with E-state index in [9.17, 15) is 14.7 Å². The van der Waals surface area contributed by atoms with Crippen molar-refractivity contribution in [2.45, 2.75) is 45.6 Å². The summed E-state index contributed by atoms with van der Waals surface area (Å²) in [7, 11) is 0. The number of carboxylic acid groups (broad SMARTS) is 1. The average molecular weight is 328 g/mol. The van der Waals surface area contributed by atoms with Crippen LogP contribution in [0.2, 0.25) is 0 Å². The van der Waals surface area contributed by atoms with E-state index in [1.54, 1.807) is 19.1 Å². The van der Waals surface area contributed by atoms with Crippen LogP contribution in [0.1, 0.15) is 63.6 Å². The second kappa shape index (κ2) is 6.11. The van der Waals surface area contributed by atoms with Crippen LogP contribution in [0.25, 0.3) is 0 Å². The van der Waals surface area contributed by atoms with Gasteiger partial charge in [0.2, 0.25) is 5.76 Å². The van der Waals surface area contributed by atoms with Gasteiger partial charge in [0.15, 0.2) is 11.9 Å². The van der Waals surface area contributed by atoms with Gasteiger partial charge in [0.25, 0.3) is 5.91 Å². The Morgan fingerprint density at radius 1 is 1.25 bits per heavy atom. The zero-order chi connectivity index (χ0) is 17.4. The highest BCUT2D eigenvalue weighted by Gasteiger charge is 2.32. The summed E-state index contributed by atoms with van der Waals surface area (Å²) >= 11 is 0. The topological polar surface area (TPSA) is 92.4 Å². The van der Waals surface area contributed by atoms with Crippen molar-refractivity contribution in [1.29, 1.82) is 0 Å². The van der Waals surface area contributed by atoms with Crippen molar-refractivity contribution in [2.24, 2.45) is 0 Å². The maximum atomic E-state index is 12.5. The molecule has 1 unspecified atom stereocenters. The number of amides is 1. The number of aliphatic carboxylic acids is 1. The van der Waals surface area contributed by atoms with E-state index in [1.807, 2.05) is 19.9 Å². The molecule has 6 nitrogen and oxygen atoms in total. The lowest BCUT2D eigenvalue weighted by molar-refractivity contribution is -0.139. The highest BCUT2D eigenvalue weighted by atomic mass is 16.4. The third-order valence-electron chi connectivity index (χ3n) is 4.33. The van der Waals surface area contributed by atoms with Crippen molar-refractivity contribution in [3.05, 3.63) is 52.2 Å². The molecule has 1 aromatic heterocycles. The van der Waals surface area contributed by atoms with Gasteiger partial charge in [-0.2, -0.15) is 0 Å². The first-order valence-corrected chi connectivity index (χ1v) is 7.95. The van der Waals surface area contributed by atoms with Gasteiger partial charge in [-0.1, -0.05) is 18.2 Å². The molecule has 3 rings (SSSR count). The Morgan fingerprint density at radius 2 is 1.96 bits per heavy atom. The smallest absolute Gasteiger partial charge is 0.330 e. The minimum Gasteiger partial charge on any atom is -0.479 e. The van der Waals surface area contributed by atoms with E-state index >= 15 is 0 Å². The van der Waals surface area contributed by atoms with Gasteiger partial charge in [0.1, 0.15) is 0 Å². The maximum Gasteiger partial charge on any atom is 0.330 e. The largest absolute Gasteiger partial charge is 0.479 e. The van der Waals surface area contributed by atoms with Gasteiger partial charge in [0, 0.05) is 5.92 Å². The molecule has 0 radical (unpaired) electrons. The first kappa shape index (κ1) is 16.2. The molecule has 0 spiro atoms. The Morgan fingerprint density at radius 3 is 2.54 bits per heavy atom. The number of aryl methyl sites for hydroxylation is 3. The predicted octanol–water partition coefficient (Wildman–Crippen LogP) is 3.03. The lowest BCUT2D eigenvalue weighted by atomic mass is 10.0. The molecule has 1 saturated carbocycles. The van der Waals surface area contributed by atoms with Gasteiger partial charge < -0.3 is 14.8 Å². The van der Waals surface area contributed by atoms with Crippen LogP contribution >= 0.6 is 0 Å². The van der Waals surface area contributed by atoms with Gasteiger partial charge in [-0.3, -0.25) is 4.79 Å². The standard InChI is InChI=1S/C18H20N2O4/c1-9-4-5-13(8-10(9)2)14(18(22)23)20-16(21)15-11(3)19-17(24-15)12-6-7-12/h4-5,8,12,14H,6-7H2,1-3H3,(H,20,21)(H,22,23). The fourth-order valence-electron chi connectivity index (χ4n) is 2.56. The monoisotopic (exact) mass is 328 g/mol. The average Bonchev–Trinajstić information content (AvgIpc) is 3.30. The van der Waals surface area contributed by atoms with Gasteiger partial charge in [-0.05, 0) is 50.3 Å². The molecule has 1 amide bonds. The van der Waals surface area contributed by atoms with E-state index in [2.05, 4.69) is 10.3 Å². The number of hydrogen-bond donors (Lipinski definition) is 2. The molecule has 1 fully saturated rings. The second-order valence-corrected chi connectivity index (χ2v) is 6.33. The second-order valence-electron chi connectivity index (χ2n) is 6.33. The SMILES string of the molecule is Cc1ccc(C(NC(=O)c2oc(C3CC3)nc2C)C(=O)O)cc1C. The lowest BCUT2D eigenvalue weighted by Gasteiger charge is -2.15. The molecule has 2 aromatic rings. The molecule has 2 N–H and O–H groups in total. The molecule has 0 saturated heterocycles. The Kier molecular flexibility index (Phi) is 4.13. The Hall–Kier alpha value is -2.63. The Labute approximate surface area is 139 Å². The highest BCUT2D eigenvalue weighted by Crippen LogP contribution is 2.40. The number of nitrogens with zero attached hydrogens (tertiary/aromatic N) is 1. The minimum atomic E-state index is -1.13. The van der Waals surface area contributed by atoms with E-state index in [0.717, 1.165) is 24.0 Å². The number of carboxylic acids is 1. The summed E-state index contributed by atoms with van der Waals surface area (Å²) in [5.41, 5.74) is 3.05. The maximum absolute atomic E-state index is 12.5. The summed E-state index contributed by atoms with van der Waals surface area (Å²) in [6.45, 7) is 5.54. The molecule has 1 atom stereocenters. The van der Waals surface area contributed by atoms with Crippen LogP contribution < -0.4 is 5.32 Å². The minimum absolute atomic E-state index is 0.0898. The van der Waals surface area contributed by atoms with Crippen LogP contribution in [0.4, 0.5) is 0 Å². The molecule has 6 heteroatoms. The summed E-state index contributed by atoms with van der Waals surface area (Å²) in [6.07, 6.45) is 2.03. The zero-order valence-electron chi connectivity index (χ0n) is 13.9. The Bertz CT molecular complexity index is 805. The van der Waals surface area contributed by atoms with Gasteiger partial charge in [-0.15, -0.1) is 0 Å². The fourth-order valence-corrected chi connectivity index (χ4v) is 2.56. The first-order chi connectivity index (χ1) is 11.4. The summed E-state index contributed by atoms with van der Waals surface area (Å²) in [5, 5.41) is 12.0. The van der Waals surface area contributed by atoms with E-state index in [-0.39, 0.29) is 5.76 Å². The van der Waals surface area contributed by atoms with Crippen LogP contribution in [-0.4, -0.2) is 22.0 Å². The van der Waals surface area contributed by atoms with Gasteiger partial charge >= 0.3 is 5.97 Å². The van der Waals surface area contributed by atoms with Crippen LogP contribution in [0, 0.1) is 20.8 Å². The van der Waals surface area contributed by atoms with Crippen molar-refractivity contribution in [3.8, 4) is 0 Å². The fraction of sp³-hybridized carbons (Fsp3) is 0.389. The molecule has 126 valence electrons. The van der Waals surface area contributed by atoms with Crippen molar-refractivity contribution in [3.63, 3.8) is 0 Å². The van der Waals surface area contributed by atoms with Gasteiger partial charge in [-0.25, -0.2) is 9.78 Å². The molecular formula is C18H20N2O4. The third kappa shape index (κ3) is 3.18. The molecule has 0 aliphatic heterocycles. The number of nitrogens with one attached hydrogen (secondary N) is 1. The molecular weight excluding hydrogens is 308 g/mol. The third-order valence-corrected chi connectivity index (χ3v) is 4.33. The van der Waals surface area contributed by atoms with Crippen molar-refractivity contribution < 1.29 is 19.1 Å². The molecule has 24 heavy (non-hydrogen) atoms. The summed E-state index contributed by atoms with van der Waals surface area (Å²) in [4.78, 5) is 28.3. The molecule has 0 bridgehead atoms. The van der Waals surface area contributed by atoms with Crippen LogP contribution in [0.15, 0.2) is 22.6 Å². The number of rotatable bonds is 5. The normalized spacial score (nSPS) is 15.1. The number of aromatic nitrogens is 1. The van der Waals surface area contributed by atoms with Crippen LogP contribution in [0.5, 0.6) is 0 Å². The highest BCUT2D eigenvalue weighted by molar-refractivity contribution is 5.95. The zero-order valence-corrected chi connectivity index (χ0v) is 13.9. The van der Waals surface area contributed by atoms with Crippen LogP contribution in [-0.2, 0) is 4.79 Å². The van der Waals surface area contributed by atoms with Crippen molar-refractivity contribution >= 4 is 11.9 Å². The number of carbonyl (C=O) groups is 2. The summed E-state index contributed by atoms with van der Waals surface area (Å²) in [5.74, 6) is -0.730. The molecule has 1 aromatic carbocycles. The number of carbonyl (C=O) groups excluding carboxylic acids is 1. The molecule has 1 aliphatic rings. The summed E-state index contributed by atoms with van der Waals surface area (Å²) < 4.78 is 5.54. The van der Waals surface area contributed by atoms with Crippen molar-refractivity contribution in [1.82, 2.24) is 10.3 Å². The summed E-state index contributed by atoms with van der Waals surface area (Å²) in [6, 6.07) is 4.20. The Balaban J connectivity index is 1.83. The molecule has 1 heterocycles. The van der Waals surface area contributed by atoms with Crippen molar-refractivity contribution in [2.75, 3.05) is 0 Å². The predicted molar refractivity (Wildman–Crippen MR) is 87.0 cm³/mol. The van der Waals surface area contributed by atoms with Crippen LogP contribution in [0.3, 0.4) is 0 Å². The number of benzene rings is 1. The van der Waals surface area contributed by atoms with Gasteiger partial charge in [0.05, 0.1) is 5.69 Å². The number of oxazole rings is 1. The molecule has 1 aliphatic carbocycles.